The van der Waals surface area contributed by atoms with Crippen molar-refractivity contribution < 1.29 is 4.74 Å². The second-order valence-corrected chi connectivity index (χ2v) is 5.73. The standard InChI is InChI=1S/C18H15BrN2O/c19-15-9-17(12-20-11-15)21-16-7-4-8-18(10-16)22-13-14-5-2-1-3-6-14/h1-12,21H,13H2. The SMILES string of the molecule is Brc1cncc(Nc2cccc(OCc3ccccc3)c2)c1. The highest BCUT2D eigenvalue weighted by Gasteiger charge is 2.00. The Bertz CT molecular complexity index is 747. The molecule has 0 aliphatic carbocycles. The molecule has 0 fully saturated rings. The van der Waals surface area contributed by atoms with Crippen molar-refractivity contribution in [2.24, 2.45) is 0 Å². The van der Waals surface area contributed by atoms with Crippen LogP contribution in [-0.2, 0) is 6.61 Å². The second-order valence-electron chi connectivity index (χ2n) is 4.82. The van der Waals surface area contributed by atoms with Crippen LogP contribution >= 0.6 is 15.9 Å². The van der Waals surface area contributed by atoms with Gasteiger partial charge in [0.15, 0.2) is 0 Å². The molecule has 0 aliphatic heterocycles. The lowest BCUT2D eigenvalue weighted by Crippen LogP contribution is -1.96. The van der Waals surface area contributed by atoms with Crippen molar-refractivity contribution in [3.05, 3.63) is 83.1 Å². The Balaban J connectivity index is 1.67. The van der Waals surface area contributed by atoms with Gasteiger partial charge in [0, 0.05) is 22.4 Å². The average molecular weight is 355 g/mol. The quantitative estimate of drug-likeness (QED) is 0.686. The van der Waals surface area contributed by atoms with Crippen LogP contribution in [0.4, 0.5) is 11.4 Å². The Hall–Kier alpha value is -2.33. The van der Waals surface area contributed by atoms with Crippen molar-refractivity contribution in [3.63, 3.8) is 0 Å². The van der Waals surface area contributed by atoms with Crippen molar-refractivity contribution in [3.8, 4) is 5.75 Å². The smallest absolute Gasteiger partial charge is 0.121 e. The zero-order valence-electron chi connectivity index (χ0n) is 11.9. The van der Waals surface area contributed by atoms with E-state index in [1.165, 1.54) is 0 Å². The summed E-state index contributed by atoms with van der Waals surface area (Å²) in [5.74, 6) is 0.830. The van der Waals surface area contributed by atoms with Crippen LogP contribution in [0.2, 0.25) is 0 Å². The van der Waals surface area contributed by atoms with E-state index >= 15 is 0 Å². The molecule has 0 saturated carbocycles. The summed E-state index contributed by atoms with van der Waals surface area (Å²) in [4.78, 5) is 4.14. The minimum atomic E-state index is 0.558. The third-order valence-electron chi connectivity index (χ3n) is 3.08. The van der Waals surface area contributed by atoms with Crippen molar-refractivity contribution in [1.29, 1.82) is 0 Å². The van der Waals surface area contributed by atoms with E-state index < -0.39 is 0 Å². The van der Waals surface area contributed by atoms with Crippen molar-refractivity contribution in [2.45, 2.75) is 6.61 Å². The number of rotatable bonds is 5. The molecule has 2 aromatic carbocycles. The molecule has 3 aromatic rings. The maximum Gasteiger partial charge on any atom is 0.121 e. The maximum absolute atomic E-state index is 5.83. The number of nitrogens with one attached hydrogen (secondary N) is 1. The molecule has 110 valence electrons. The number of ether oxygens (including phenoxy) is 1. The van der Waals surface area contributed by atoms with Crippen molar-refractivity contribution in [2.75, 3.05) is 5.32 Å². The number of hydrogen-bond acceptors (Lipinski definition) is 3. The molecular weight excluding hydrogens is 340 g/mol. The van der Waals surface area contributed by atoms with E-state index in [2.05, 4.69) is 38.4 Å². The van der Waals surface area contributed by atoms with E-state index in [9.17, 15) is 0 Å². The lowest BCUT2D eigenvalue weighted by Gasteiger charge is -2.10. The first kappa shape index (κ1) is 14.6. The van der Waals surface area contributed by atoms with E-state index in [0.717, 1.165) is 27.2 Å². The summed E-state index contributed by atoms with van der Waals surface area (Å²) in [6, 6.07) is 20.0. The monoisotopic (exact) mass is 354 g/mol. The Morgan fingerprint density at radius 2 is 1.77 bits per heavy atom. The van der Waals surface area contributed by atoms with Crippen LogP contribution in [-0.4, -0.2) is 4.98 Å². The molecule has 0 radical (unpaired) electrons. The van der Waals surface area contributed by atoms with Gasteiger partial charge >= 0.3 is 0 Å². The highest BCUT2D eigenvalue weighted by Crippen LogP contribution is 2.23. The van der Waals surface area contributed by atoms with Crippen LogP contribution in [0.3, 0.4) is 0 Å². The second kappa shape index (κ2) is 7.09. The fourth-order valence-electron chi connectivity index (χ4n) is 2.05. The van der Waals surface area contributed by atoms with E-state index in [1.807, 2.05) is 48.5 Å². The summed E-state index contributed by atoms with van der Waals surface area (Å²) in [6.07, 6.45) is 3.53. The topological polar surface area (TPSA) is 34.2 Å². The molecule has 1 heterocycles. The number of nitrogens with zero attached hydrogens (tertiary/aromatic N) is 1. The van der Waals surface area contributed by atoms with Crippen LogP contribution in [0.1, 0.15) is 5.56 Å². The average Bonchev–Trinajstić information content (AvgIpc) is 2.54. The first-order valence-corrected chi connectivity index (χ1v) is 7.73. The van der Waals surface area contributed by atoms with Gasteiger partial charge in [-0.25, -0.2) is 0 Å². The molecule has 0 atom stereocenters. The van der Waals surface area contributed by atoms with Gasteiger partial charge in [-0.15, -0.1) is 0 Å². The van der Waals surface area contributed by atoms with Crippen LogP contribution in [0.5, 0.6) is 5.75 Å². The zero-order valence-corrected chi connectivity index (χ0v) is 13.5. The third-order valence-corrected chi connectivity index (χ3v) is 3.51. The Morgan fingerprint density at radius 1 is 0.909 bits per heavy atom. The van der Waals surface area contributed by atoms with Crippen molar-refractivity contribution >= 4 is 27.3 Å². The summed E-state index contributed by atoms with van der Waals surface area (Å²) < 4.78 is 6.77. The van der Waals surface area contributed by atoms with Gasteiger partial charge in [0.2, 0.25) is 0 Å². The Kier molecular flexibility index (Phi) is 4.71. The predicted octanol–water partition coefficient (Wildman–Crippen LogP) is 5.17. The molecule has 1 N–H and O–H groups in total. The molecule has 22 heavy (non-hydrogen) atoms. The van der Waals surface area contributed by atoms with E-state index in [0.29, 0.717) is 6.61 Å². The van der Waals surface area contributed by atoms with Gasteiger partial charge < -0.3 is 10.1 Å². The Labute approximate surface area is 138 Å². The predicted molar refractivity (Wildman–Crippen MR) is 92.4 cm³/mol. The summed E-state index contributed by atoms with van der Waals surface area (Å²) in [6.45, 7) is 0.558. The van der Waals surface area contributed by atoms with E-state index in [1.54, 1.807) is 12.4 Å². The first-order chi connectivity index (χ1) is 10.8. The van der Waals surface area contributed by atoms with Gasteiger partial charge in [0.1, 0.15) is 12.4 Å². The van der Waals surface area contributed by atoms with Gasteiger partial charge in [-0.2, -0.15) is 0 Å². The number of aromatic nitrogens is 1. The summed E-state index contributed by atoms with van der Waals surface area (Å²) >= 11 is 3.41. The third kappa shape index (κ3) is 4.09. The molecule has 3 nitrogen and oxygen atoms in total. The number of hydrogen-bond donors (Lipinski definition) is 1. The number of anilines is 2. The van der Waals surface area contributed by atoms with Crippen LogP contribution < -0.4 is 10.1 Å². The largest absolute Gasteiger partial charge is 0.489 e. The zero-order chi connectivity index (χ0) is 15.2. The molecule has 1 aromatic heterocycles. The normalized spacial score (nSPS) is 10.2. The number of pyridine rings is 1. The highest BCUT2D eigenvalue weighted by molar-refractivity contribution is 9.10. The minimum Gasteiger partial charge on any atom is -0.489 e. The molecule has 4 heteroatoms. The molecule has 0 amide bonds. The maximum atomic E-state index is 5.83. The van der Waals surface area contributed by atoms with Gasteiger partial charge in [-0.05, 0) is 39.7 Å². The molecule has 0 bridgehead atoms. The molecule has 3 rings (SSSR count). The molecule has 0 spiro atoms. The van der Waals surface area contributed by atoms with E-state index in [4.69, 9.17) is 4.74 Å². The molecule has 0 aliphatic rings. The Morgan fingerprint density at radius 3 is 2.59 bits per heavy atom. The van der Waals surface area contributed by atoms with Gasteiger partial charge in [-0.3, -0.25) is 4.98 Å². The van der Waals surface area contributed by atoms with Gasteiger partial charge in [0.25, 0.3) is 0 Å². The summed E-state index contributed by atoms with van der Waals surface area (Å²) in [5.41, 5.74) is 3.04. The molecular formula is C18H15BrN2O. The number of halogens is 1. The van der Waals surface area contributed by atoms with Crippen LogP contribution in [0.25, 0.3) is 0 Å². The summed E-state index contributed by atoms with van der Waals surface area (Å²) in [7, 11) is 0. The highest BCUT2D eigenvalue weighted by atomic mass is 79.9. The molecule has 0 unspecified atom stereocenters. The summed E-state index contributed by atoms with van der Waals surface area (Å²) in [5, 5.41) is 3.31. The fraction of sp³-hybridized carbons (Fsp3) is 0.0556. The lowest BCUT2D eigenvalue weighted by molar-refractivity contribution is 0.306. The molecule has 0 saturated heterocycles. The number of benzene rings is 2. The first-order valence-electron chi connectivity index (χ1n) is 6.94. The van der Waals surface area contributed by atoms with E-state index in [-0.39, 0.29) is 0 Å². The lowest BCUT2D eigenvalue weighted by atomic mass is 10.2. The fourth-order valence-corrected chi connectivity index (χ4v) is 2.42. The van der Waals surface area contributed by atoms with Crippen molar-refractivity contribution in [1.82, 2.24) is 4.98 Å². The van der Waals surface area contributed by atoms with Crippen LogP contribution in [0.15, 0.2) is 77.5 Å². The van der Waals surface area contributed by atoms with Gasteiger partial charge in [-0.1, -0.05) is 36.4 Å². The minimum absolute atomic E-state index is 0.558. The van der Waals surface area contributed by atoms with Crippen LogP contribution in [0, 0.1) is 0 Å². The van der Waals surface area contributed by atoms with Gasteiger partial charge in [0.05, 0.1) is 11.9 Å².